The Hall–Kier alpha value is -1.60. The molecule has 0 spiro atoms. The molecule has 17 heavy (non-hydrogen) atoms. The second-order valence-corrected chi connectivity index (χ2v) is 4.52. The fourth-order valence-corrected chi connectivity index (χ4v) is 2.28. The summed E-state index contributed by atoms with van der Waals surface area (Å²) in [6, 6.07) is 15.0. The van der Waals surface area contributed by atoms with Crippen molar-refractivity contribution in [1.29, 1.82) is 0 Å². The van der Waals surface area contributed by atoms with E-state index in [-0.39, 0.29) is 0 Å². The third-order valence-electron chi connectivity index (χ3n) is 3.24. The van der Waals surface area contributed by atoms with E-state index >= 15 is 0 Å². The molecule has 0 saturated carbocycles. The van der Waals surface area contributed by atoms with Crippen LogP contribution in [0.3, 0.4) is 0 Å². The number of rotatable bonds is 2. The molecule has 0 radical (unpaired) electrons. The highest BCUT2D eigenvalue weighted by atomic mass is 16.5. The fraction of sp³-hybridized carbons (Fsp3) is 0.250. The van der Waals surface area contributed by atoms with Crippen molar-refractivity contribution < 1.29 is 4.74 Å². The average molecular weight is 224 g/mol. The number of hydrogen-bond donors (Lipinski definition) is 0. The second-order valence-electron chi connectivity index (χ2n) is 4.52. The Morgan fingerprint density at radius 3 is 2.76 bits per heavy atom. The third kappa shape index (κ3) is 2.40. The summed E-state index contributed by atoms with van der Waals surface area (Å²) in [5.41, 5.74) is 1.25. The first-order valence-corrected chi connectivity index (χ1v) is 6.20. The van der Waals surface area contributed by atoms with Gasteiger partial charge in [-0.15, -0.1) is 0 Å². The highest BCUT2D eigenvalue weighted by Crippen LogP contribution is 2.18. The Morgan fingerprint density at radius 2 is 1.94 bits per heavy atom. The van der Waals surface area contributed by atoms with E-state index in [1.807, 2.05) is 0 Å². The molecule has 3 rings (SSSR count). The van der Waals surface area contributed by atoms with Gasteiger partial charge in [-0.3, -0.25) is 0 Å². The number of hydrogen-bond acceptors (Lipinski definition) is 1. The lowest BCUT2D eigenvalue weighted by atomic mass is 10.1. The molecule has 0 bridgehead atoms. The molecule has 0 amide bonds. The van der Waals surface area contributed by atoms with Crippen LogP contribution >= 0.6 is 0 Å². The van der Waals surface area contributed by atoms with E-state index in [2.05, 4.69) is 54.6 Å². The lowest BCUT2D eigenvalue weighted by molar-refractivity contribution is 0.146. The molecule has 1 nitrogen and oxygen atoms in total. The molecule has 1 aliphatic heterocycles. The largest absolute Gasteiger partial charge is 0.374 e. The van der Waals surface area contributed by atoms with Crippen LogP contribution in [0.1, 0.15) is 18.4 Å². The fourth-order valence-electron chi connectivity index (χ4n) is 2.28. The predicted molar refractivity (Wildman–Crippen MR) is 72.0 cm³/mol. The molecule has 1 heteroatoms. The number of benzene rings is 2. The summed E-state index contributed by atoms with van der Waals surface area (Å²) in [5.74, 6) is 0. The van der Waals surface area contributed by atoms with E-state index in [0.717, 1.165) is 13.0 Å². The maximum absolute atomic E-state index is 5.58. The summed E-state index contributed by atoms with van der Waals surface area (Å²) in [7, 11) is 0. The van der Waals surface area contributed by atoms with Gasteiger partial charge in [0.15, 0.2) is 0 Å². The normalized spacial score (nSPS) is 20.4. The predicted octanol–water partition coefficient (Wildman–Crippen LogP) is 4.03. The summed E-state index contributed by atoms with van der Waals surface area (Å²) in [6.45, 7) is 0.909. The van der Waals surface area contributed by atoms with E-state index in [0.29, 0.717) is 6.10 Å². The lowest BCUT2D eigenvalue weighted by Gasteiger charge is -2.02. The Bertz CT molecular complexity index is 536. The molecule has 86 valence electrons. The first kappa shape index (κ1) is 10.5. The maximum atomic E-state index is 5.58. The zero-order valence-corrected chi connectivity index (χ0v) is 9.80. The van der Waals surface area contributed by atoms with E-state index in [9.17, 15) is 0 Å². The van der Waals surface area contributed by atoms with Crippen molar-refractivity contribution in [1.82, 2.24) is 0 Å². The molecule has 0 N–H and O–H groups in total. The quantitative estimate of drug-likeness (QED) is 0.748. The van der Waals surface area contributed by atoms with E-state index in [1.54, 1.807) is 0 Å². The van der Waals surface area contributed by atoms with Crippen molar-refractivity contribution >= 4 is 16.8 Å². The molecular formula is C16H16O. The van der Waals surface area contributed by atoms with Gasteiger partial charge in [0, 0.05) is 6.61 Å². The van der Waals surface area contributed by atoms with Crippen molar-refractivity contribution in [3.05, 3.63) is 54.1 Å². The molecule has 1 saturated heterocycles. The second kappa shape index (κ2) is 4.72. The van der Waals surface area contributed by atoms with Gasteiger partial charge >= 0.3 is 0 Å². The smallest absolute Gasteiger partial charge is 0.0759 e. The first-order chi connectivity index (χ1) is 8.42. The lowest BCUT2D eigenvalue weighted by Crippen LogP contribution is -1.98. The molecule has 1 unspecified atom stereocenters. The standard InChI is InChI=1S/C16H16O/c1-2-5-15-12-13(7-9-14(15)4-1)8-10-16-6-3-11-17-16/h1-2,4-5,7-10,12,16H,3,6,11H2. The highest BCUT2D eigenvalue weighted by molar-refractivity contribution is 5.84. The molecule has 1 aliphatic rings. The summed E-state index contributed by atoms with van der Waals surface area (Å²) < 4.78 is 5.58. The van der Waals surface area contributed by atoms with Gasteiger partial charge in [-0.1, -0.05) is 48.6 Å². The Kier molecular flexibility index (Phi) is 2.93. The van der Waals surface area contributed by atoms with Crippen LogP contribution in [0.4, 0.5) is 0 Å². The molecule has 2 aromatic carbocycles. The average Bonchev–Trinajstić information content (AvgIpc) is 2.89. The SMILES string of the molecule is C(=CC1CCCO1)c1ccc2ccccc2c1. The van der Waals surface area contributed by atoms with Crippen molar-refractivity contribution in [2.75, 3.05) is 6.61 Å². The van der Waals surface area contributed by atoms with E-state index in [4.69, 9.17) is 4.74 Å². The zero-order chi connectivity index (χ0) is 11.5. The molecule has 1 atom stereocenters. The van der Waals surface area contributed by atoms with E-state index < -0.39 is 0 Å². The summed E-state index contributed by atoms with van der Waals surface area (Å²) in [5, 5.41) is 2.59. The molecule has 2 aromatic rings. The van der Waals surface area contributed by atoms with Crippen LogP contribution in [0.15, 0.2) is 48.5 Å². The molecule has 1 heterocycles. The van der Waals surface area contributed by atoms with Crippen LogP contribution in [-0.2, 0) is 4.74 Å². The summed E-state index contributed by atoms with van der Waals surface area (Å²) in [6.07, 6.45) is 7.01. The summed E-state index contributed by atoms with van der Waals surface area (Å²) >= 11 is 0. The molecule has 0 aliphatic carbocycles. The Labute approximate surface area is 102 Å². The van der Waals surface area contributed by atoms with Crippen LogP contribution in [-0.4, -0.2) is 12.7 Å². The van der Waals surface area contributed by atoms with Crippen molar-refractivity contribution in [3.8, 4) is 0 Å². The van der Waals surface area contributed by atoms with Gasteiger partial charge in [0.25, 0.3) is 0 Å². The van der Waals surface area contributed by atoms with Gasteiger partial charge in [0.05, 0.1) is 6.10 Å². The van der Waals surface area contributed by atoms with Crippen LogP contribution in [0.2, 0.25) is 0 Å². The van der Waals surface area contributed by atoms with Crippen molar-refractivity contribution in [2.45, 2.75) is 18.9 Å². The van der Waals surface area contributed by atoms with Crippen LogP contribution < -0.4 is 0 Å². The van der Waals surface area contributed by atoms with Gasteiger partial charge in [0.2, 0.25) is 0 Å². The van der Waals surface area contributed by atoms with Gasteiger partial charge < -0.3 is 4.74 Å². The minimum Gasteiger partial charge on any atom is -0.374 e. The monoisotopic (exact) mass is 224 g/mol. The molecule has 0 aromatic heterocycles. The molecular weight excluding hydrogens is 208 g/mol. The van der Waals surface area contributed by atoms with Crippen molar-refractivity contribution in [2.24, 2.45) is 0 Å². The topological polar surface area (TPSA) is 9.23 Å². The third-order valence-corrected chi connectivity index (χ3v) is 3.24. The Balaban J connectivity index is 1.85. The first-order valence-electron chi connectivity index (χ1n) is 6.20. The van der Waals surface area contributed by atoms with Crippen LogP contribution in [0, 0.1) is 0 Å². The van der Waals surface area contributed by atoms with Gasteiger partial charge in [0.1, 0.15) is 0 Å². The zero-order valence-electron chi connectivity index (χ0n) is 9.80. The molecule has 1 fully saturated rings. The summed E-state index contributed by atoms with van der Waals surface area (Å²) in [4.78, 5) is 0. The van der Waals surface area contributed by atoms with Gasteiger partial charge in [-0.2, -0.15) is 0 Å². The minimum atomic E-state index is 0.321. The maximum Gasteiger partial charge on any atom is 0.0759 e. The van der Waals surface area contributed by atoms with Crippen molar-refractivity contribution in [3.63, 3.8) is 0 Å². The number of ether oxygens (including phenoxy) is 1. The Morgan fingerprint density at radius 1 is 1.06 bits per heavy atom. The minimum absolute atomic E-state index is 0.321. The van der Waals surface area contributed by atoms with Crippen LogP contribution in [0.5, 0.6) is 0 Å². The van der Waals surface area contributed by atoms with Gasteiger partial charge in [-0.25, -0.2) is 0 Å². The highest BCUT2D eigenvalue weighted by Gasteiger charge is 2.11. The van der Waals surface area contributed by atoms with Gasteiger partial charge in [-0.05, 0) is 35.2 Å². The van der Waals surface area contributed by atoms with Crippen LogP contribution in [0.25, 0.3) is 16.8 Å². The number of fused-ring (bicyclic) bond motifs is 1. The van der Waals surface area contributed by atoms with E-state index in [1.165, 1.54) is 22.8 Å².